The number of hydrogen-bond donors (Lipinski definition) is 0. The number of benzene rings is 16. The first-order valence-corrected chi connectivity index (χ1v) is 37.2. The second-order valence-corrected chi connectivity index (χ2v) is 30.9. The molecule has 19 aromatic rings. The molecule has 522 valence electrons. The van der Waals surface area contributed by atoms with Gasteiger partial charge in [-0.3, -0.25) is 0 Å². The van der Waals surface area contributed by atoms with Gasteiger partial charge in [-0.15, -0.1) is 0 Å². The second-order valence-electron chi connectivity index (χ2n) is 30.9. The van der Waals surface area contributed by atoms with E-state index in [1.54, 1.807) is 9.13 Å². The number of hydrogen-bond acceptors (Lipinski definition) is 3. The lowest BCUT2D eigenvalue weighted by Crippen LogP contribution is -2.61. The van der Waals surface area contributed by atoms with Crippen LogP contribution >= 0.6 is 0 Å². The second kappa shape index (κ2) is 25.1. The van der Waals surface area contributed by atoms with Gasteiger partial charge in [-0.2, -0.15) is 0 Å². The average molecular weight is 1430 g/mol. The van der Waals surface area contributed by atoms with Gasteiger partial charge >= 0.3 is 0 Å². The van der Waals surface area contributed by atoms with Gasteiger partial charge in [0.25, 0.3) is 6.71 Å². The van der Waals surface area contributed by atoms with Crippen molar-refractivity contribution >= 4 is 123 Å². The molecule has 0 radical (unpaired) electrons. The Bertz CT molecular complexity index is 7290. The Hall–Kier alpha value is -13.4. The number of rotatable bonds is 10. The van der Waals surface area contributed by atoms with Crippen molar-refractivity contribution in [3.05, 3.63) is 369 Å². The van der Waals surface area contributed by atoms with Crippen molar-refractivity contribution in [2.75, 3.05) is 9.80 Å². The lowest BCUT2D eigenvalue weighted by atomic mass is 9.33. The molecule has 2 aliphatic rings. The van der Waals surface area contributed by atoms with Crippen LogP contribution in [-0.4, -0.2) is 15.8 Å². The van der Waals surface area contributed by atoms with Crippen molar-refractivity contribution in [3.8, 4) is 78.1 Å². The Labute approximate surface area is 664 Å². The first kappa shape index (κ1) is 50.2. The first-order valence-electron chi connectivity index (χ1n) is 45.2. The van der Waals surface area contributed by atoms with Crippen LogP contribution in [0.4, 0.5) is 34.1 Å². The van der Waals surface area contributed by atoms with Gasteiger partial charge < -0.3 is 23.4 Å². The van der Waals surface area contributed by atoms with Crippen LogP contribution < -0.4 is 26.2 Å². The number of para-hydroxylation sites is 5. The van der Waals surface area contributed by atoms with Gasteiger partial charge in [0.2, 0.25) is 0 Å². The van der Waals surface area contributed by atoms with Crippen LogP contribution in [-0.2, 0) is 10.8 Å². The summed E-state index contributed by atoms with van der Waals surface area (Å²) >= 11 is 0. The van der Waals surface area contributed by atoms with Gasteiger partial charge in [0, 0.05) is 83.4 Å². The molecule has 0 aliphatic carbocycles. The highest BCUT2D eigenvalue weighted by Crippen LogP contribution is 2.52. The fourth-order valence-corrected chi connectivity index (χ4v) is 16.9. The lowest BCUT2D eigenvalue weighted by Gasteiger charge is -2.45. The normalized spacial score (nSPS) is 14.8. The topological polar surface area (TPSA) is 29.5 Å². The molecule has 5 nitrogen and oxygen atoms in total. The van der Waals surface area contributed by atoms with Crippen LogP contribution in [0.25, 0.3) is 144 Å². The maximum atomic E-state index is 9.91. The maximum absolute atomic E-state index is 9.91. The number of fused-ring (bicyclic) bond motifs is 13. The molecule has 3 aromatic heterocycles. The van der Waals surface area contributed by atoms with Gasteiger partial charge in [0.1, 0.15) is 11.2 Å². The molecule has 0 unspecified atom stereocenters. The summed E-state index contributed by atoms with van der Waals surface area (Å²) in [7, 11) is 0. The molecule has 0 saturated carbocycles. The molecule has 6 heteroatoms. The van der Waals surface area contributed by atoms with E-state index >= 15 is 0 Å². The van der Waals surface area contributed by atoms with Gasteiger partial charge in [-0.05, 0) is 215 Å². The van der Waals surface area contributed by atoms with Crippen molar-refractivity contribution in [2.45, 2.75) is 52.4 Å². The predicted molar refractivity (Wildman–Crippen MR) is 466 cm³/mol. The van der Waals surface area contributed by atoms with Crippen molar-refractivity contribution in [3.63, 3.8) is 0 Å². The third kappa shape index (κ3) is 10.6. The highest BCUT2D eigenvalue weighted by Gasteiger charge is 2.45. The maximum Gasteiger partial charge on any atom is 0.252 e. The van der Waals surface area contributed by atoms with E-state index in [0.717, 1.165) is 105 Å². The van der Waals surface area contributed by atoms with Crippen molar-refractivity contribution in [1.82, 2.24) is 9.13 Å². The molecule has 0 atom stereocenters. The minimum atomic E-state index is -0.797. The summed E-state index contributed by atoms with van der Waals surface area (Å²) in [5, 5.41) is 1.41. The molecular formula is C104H77BN4O. The van der Waals surface area contributed by atoms with Gasteiger partial charge in [0.05, 0.1) is 44.0 Å². The van der Waals surface area contributed by atoms with Crippen LogP contribution in [0.1, 0.15) is 74.6 Å². The molecule has 0 amide bonds. The molecule has 5 heterocycles. The smallest absolute Gasteiger partial charge is 0.252 e. The molecule has 0 fully saturated rings. The number of aromatic nitrogens is 2. The molecule has 0 saturated heterocycles. The monoisotopic (exact) mass is 1420 g/mol. The summed E-state index contributed by atoms with van der Waals surface area (Å²) in [6.07, 6.45) is 0. The van der Waals surface area contributed by atoms with E-state index in [9.17, 15) is 16.4 Å². The summed E-state index contributed by atoms with van der Waals surface area (Å²) in [5.74, 6) is 0. The van der Waals surface area contributed by atoms with Crippen molar-refractivity contribution in [1.29, 1.82) is 0 Å². The van der Waals surface area contributed by atoms with E-state index in [-0.39, 0.29) is 54.4 Å². The van der Waals surface area contributed by atoms with E-state index in [1.807, 2.05) is 127 Å². The third-order valence-corrected chi connectivity index (χ3v) is 22.2. The molecular weight excluding hydrogens is 1330 g/mol. The zero-order valence-corrected chi connectivity index (χ0v) is 61.1. The van der Waals surface area contributed by atoms with Crippen LogP contribution in [0.5, 0.6) is 0 Å². The van der Waals surface area contributed by atoms with Crippen molar-refractivity contribution < 1.29 is 26.3 Å². The van der Waals surface area contributed by atoms with E-state index in [2.05, 4.69) is 185 Å². The van der Waals surface area contributed by atoms with Crippen molar-refractivity contribution in [2.24, 2.45) is 0 Å². The average Bonchev–Trinajstić information content (AvgIpc) is 1.23. The van der Waals surface area contributed by atoms with E-state index in [1.165, 1.54) is 0 Å². The van der Waals surface area contributed by atoms with Crippen LogP contribution in [0, 0.1) is 0 Å². The summed E-state index contributed by atoms with van der Waals surface area (Å²) in [4.78, 5) is 4.52. The summed E-state index contributed by atoms with van der Waals surface area (Å²) in [6, 6.07) is 80.9. The Morgan fingerprint density at radius 3 is 1.05 bits per heavy atom. The quantitative estimate of drug-likeness (QED) is 0.128. The number of nitrogens with zero attached hydrogens (tertiary/aromatic N) is 4. The minimum absolute atomic E-state index is 0.0630. The fourth-order valence-electron chi connectivity index (χ4n) is 16.9. The summed E-state index contributed by atoms with van der Waals surface area (Å²) in [5.41, 5.74) is 20.0. The molecule has 2 aliphatic heterocycles. The lowest BCUT2D eigenvalue weighted by molar-refractivity contribution is 0.569. The molecule has 0 spiro atoms. The first-order chi connectivity index (χ1) is 60.4. The zero-order valence-electron chi connectivity index (χ0n) is 77.1. The van der Waals surface area contributed by atoms with Crippen LogP contribution in [0.3, 0.4) is 0 Å². The standard InChI is InChI=1S/C104H77BN4O/c1-103(2,3)77-53-76(54-78(63-77)104(4,5)6)88-59-74(60-89-87-41-23-28-46-100(87)110-102(88)89)75-61-98-101-99(62-75)109(82-57-72(68-33-15-9-16-34-68)52-73(58-82)69-35-17-10-18-36-69)97-65-80(107-94-44-26-21-39-85(94)86-40-22-27-45-95(86)107)48-50-91(97)105(101)90-49-47-79(106-92-42-24-19-37-83(92)84-38-20-25-43-93(84)106)64-96(90)108(98)81-55-70(66-29-11-7-12-30-66)51-71(56-81)67-31-13-8-14-32-67/h7-65H,1-6H3/i19D,20D,21D,22D,24D,25D,26D,27D,37D,38D,39D,40D,42D,43D,44D,45D. The highest BCUT2D eigenvalue weighted by atomic mass is 16.3. The van der Waals surface area contributed by atoms with Gasteiger partial charge in [-0.25, -0.2) is 0 Å². The Balaban J connectivity index is 0.968. The fraction of sp³-hybridized carbons (Fsp3) is 0.0769. The third-order valence-electron chi connectivity index (χ3n) is 22.2. The summed E-state index contributed by atoms with van der Waals surface area (Å²) in [6.45, 7) is 12.6. The molecule has 0 bridgehead atoms. The Morgan fingerprint density at radius 2 is 0.645 bits per heavy atom. The summed E-state index contributed by atoms with van der Waals surface area (Å²) < 4.78 is 162. The van der Waals surface area contributed by atoms with Gasteiger partial charge in [-0.1, -0.05) is 284 Å². The molecule has 110 heavy (non-hydrogen) atoms. The highest BCUT2D eigenvalue weighted by molar-refractivity contribution is 7.00. The van der Waals surface area contributed by atoms with E-state index in [4.69, 9.17) is 9.90 Å². The molecule has 0 N–H and O–H groups in total. The largest absolute Gasteiger partial charge is 0.455 e. The molecule has 21 rings (SSSR count). The number of anilines is 6. The van der Waals surface area contributed by atoms with Gasteiger partial charge in [0.15, 0.2) is 0 Å². The van der Waals surface area contributed by atoms with Crippen LogP contribution in [0.2, 0.25) is 0 Å². The Morgan fingerprint density at radius 1 is 0.282 bits per heavy atom. The van der Waals surface area contributed by atoms with E-state index < -0.39 is 103 Å². The van der Waals surface area contributed by atoms with E-state index in [0.29, 0.717) is 56.7 Å². The number of furan rings is 1. The zero-order chi connectivity index (χ0) is 87.6. The molecule has 16 aromatic carbocycles. The van der Waals surface area contributed by atoms with Crippen LogP contribution in [0.15, 0.2) is 362 Å². The Kier molecular flexibility index (Phi) is 11.5. The predicted octanol–water partition coefficient (Wildman–Crippen LogP) is 26.5. The minimum Gasteiger partial charge on any atom is -0.455 e. The SMILES string of the molecule is [2H]c1c([2H])c([2H])c2c(c1[2H])c1c([2H])c([2H])c([2H])c([2H])c1n2-c1ccc2c(c1)N(c1cc(-c3ccccc3)cc(-c3ccccc3)c1)c1cc(-c3cc(-c4cc(C(C)(C)C)cc(C(C)(C)C)c4)c4oc5ccccc5c4c3)cc3c1B2c1ccc(-n2c4c([2H])c([2H])c([2H])c([2H])c4c4c([2H])c([2H])c([2H])c([2H])c42)cc1N3c1cc(-c2ccccc2)cc(-c2ccccc2)c1.